The number of nitrogens with zero attached hydrogens (tertiary/aromatic N) is 1. The maximum atomic E-state index is 14.6. The Morgan fingerprint density at radius 2 is 1.66 bits per heavy atom. The molecule has 2 aromatic carbocycles. The number of rotatable bonds is 8. The first kappa shape index (κ1) is 28.2. The molecule has 0 aliphatic rings. The Balaban J connectivity index is 0.00000432. The Morgan fingerprint density at radius 1 is 1.03 bits per heavy atom. The van der Waals surface area contributed by atoms with Gasteiger partial charge in [-0.05, 0) is 40.8 Å². The predicted octanol–water partition coefficient (Wildman–Crippen LogP) is 4.26. The molecule has 0 aliphatic heterocycles. The van der Waals surface area contributed by atoms with Gasteiger partial charge in [-0.1, -0.05) is 63.2 Å². The number of pyridine rings is 1. The number of carbonyl (C=O) groups is 1. The summed E-state index contributed by atoms with van der Waals surface area (Å²) in [6, 6.07) is 16.9. The van der Waals surface area contributed by atoms with Gasteiger partial charge in [-0.3, -0.25) is 4.79 Å². The molecule has 10 heteroatoms. The Hall–Kier alpha value is -3.01. The van der Waals surface area contributed by atoms with Crippen molar-refractivity contribution < 1.29 is 22.7 Å². The van der Waals surface area contributed by atoms with Crippen LogP contribution in [0.4, 0.5) is 10.2 Å². The second-order valence-corrected chi connectivity index (χ2v) is 11.3. The van der Waals surface area contributed by atoms with Gasteiger partial charge < -0.3 is 16.2 Å². The fourth-order valence-electron chi connectivity index (χ4n) is 3.54. The fourth-order valence-corrected chi connectivity index (χ4v) is 5.26. The van der Waals surface area contributed by atoms with Crippen LogP contribution in [0.5, 0.6) is 0 Å². The highest BCUT2D eigenvalue weighted by Gasteiger charge is 2.45. The summed E-state index contributed by atoms with van der Waals surface area (Å²) in [5, 5.41) is 11.5. The summed E-state index contributed by atoms with van der Waals surface area (Å²) in [7, 11) is -4.47. The molecule has 4 N–H and O–H groups in total. The molecule has 0 bridgehead atoms. The highest BCUT2D eigenvalue weighted by atomic mass is 35.5. The third-order valence-electron chi connectivity index (χ3n) is 5.50. The first-order valence-electron chi connectivity index (χ1n) is 10.7. The smallest absolute Gasteiger partial charge is 0.322 e. The zero-order valence-electron chi connectivity index (χ0n) is 19.7. The van der Waals surface area contributed by atoms with Gasteiger partial charge in [0.2, 0.25) is 9.84 Å². The van der Waals surface area contributed by atoms with Crippen molar-refractivity contribution in [2.24, 2.45) is 5.73 Å². The van der Waals surface area contributed by atoms with Crippen LogP contribution in [-0.4, -0.2) is 31.0 Å². The van der Waals surface area contributed by atoms with Crippen molar-refractivity contribution in [3.05, 3.63) is 89.4 Å². The lowest BCUT2D eigenvalue weighted by molar-refractivity contribution is -0.134. The maximum Gasteiger partial charge on any atom is 0.322 e. The molecule has 1 heterocycles. The minimum Gasteiger partial charge on any atom is -0.480 e. The summed E-state index contributed by atoms with van der Waals surface area (Å²) in [6.07, 6.45) is -0.177. The van der Waals surface area contributed by atoms with Crippen molar-refractivity contribution in [3.8, 4) is 0 Å². The van der Waals surface area contributed by atoms with Gasteiger partial charge in [0.1, 0.15) is 23.1 Å². The van der Waals surface area contributed by atoms with E-state index in [1.807, 2.05) is 12.1 Å². The van der Waals surface area contributed by atoms with E-state index in [1.54, 1.807) is 12.1 Å². The van der Waals surface area contributed by atoms with Gasteiger partial charge in [0.25, 0.3) is 0 Å². The van der Waals surface area contributed by atoms with E-state index in [2.05, 4.69) is 31.1 Å². The van der Waals surface area contributed by atoms with Gasteiger partial charge in [0, 0.05) is 6.42 Å². The zero-order chi connectivity index (χ0) is 25.1. The standard InChI is InChI=1S/C25H28FN3O4S.ClH/c1-24(2,3)18-13-11-17(12-14-18)15-25(27,34(32,33)20-8-5-4-7-19(20)26)21-9-6-10-22(29-21)28-16-23(30)31;/h4-14H,15-16,27H2,1-3H3,(H,28,29)(H,30,31);1H. The van der Waals surface area contributed by atoms with E-state index in [-0.39, 0.29) is 35.8 Å². The van der Waals surface area contributed by atoms with Crippen molar-refractivity contribution in [1.29, 1.82) is 0 Å². The van der Waals surface area contributed by atoms with E-state index in [0.29, 0.717) is 5.56 Å². The molecule has 188 valence electrons. The van der Waals surface area contributed by atoms with Crippen molar-refractivity contribution in [2.75, 3.05) is 11.9 Å². The van der Waals surface area contributed by atoms with E-state index in [9.17, 15) is 17.6 Å². The summed E-state index contributed by atoms with van der Waals surface area (Å²) < 4.78 is 42.1. The minimum absolute atomic E-state index is 0. The average molecular weight is 522 g/mol. The number of nitrogens with one attached hydrogen (secondary N) is 1. The zero-order valence-corrected chi connectivity index (χ0v) is 21.3. The van der Waals surface area contributed by atoms with Gasteiger partial charge in [-0.2, -0.15) is 0 Å². The predicted molar refractivity (Wildman–Crippen MR) is 136 cm³/mol. The Kier molecular flexibility index (Phi) is 8.65. The highest BCUT2D eigenvalue weighted by molar-refractivity contribution is 7.92. The topological polar surface area (TPSA) is 122 Å². The van der Waals surface area contributed by atoms with Gasteiger partial charge >= 0.3 is 5.97 Å². The lowest BCUT2D eigenvalue weighted by Gasteiger charge is -2.30. The highest BCUT2D eigenvalue weighted by Crippen LogP contribution is 2.35. The van der Waals surface area contributed by atoms with Gasteiger partial charge in [-0.25, -0.2) is 17.8 Å². The normalized spacial score (nSPS) is 13.4. The second kappa shape index (κ2) is 10.7. The molecule has 1 aromatic heterocycles. The van der Waals surface area contributed by atoms with E-state index < -0.39 is 37.9 Å². The summed E-state index contributed by atoms with van der Waals surface area (Å²) in [5.74, 6) is -1.88. The number of carboxylic acid groups (broad SMARTS) is 1. The minimum atomic E-state index is -4.47. The molecule has 7 nitrogen and oxygen atoms in total. The van der Waals surface area contributed by atoms with Crippen LogP contribution in [0.25, 0.3) is 0 Å². The van der Waals surface area contributed by atoms with Crippen LogP contribution >= 0.6 is 12.4 Å². The Labute approximate surface area is 210 Å². The SMILES string of the molecule is CC(C)(C)c1ccc(CC(N)(c2cccc(NCC(=O)O)n2)S(=O)(=O)c2ccccc2F)cc1.Cl. The number of benzene rings is 2. The van der Waals surface area contributed by atoms with Gasteiger partial charge in [0.15, 0.2) is 4.87 Å². The molecule has 0 fully saturated rings. The molecule has 0 saturated heterocycles. The molecule has 0 radical (unpaired) electrons. The molecule has 1 atom stereocenters. The van der Waals surface area contributed by atoms with Crippen LogP contribution in [0.3, 0.4) is 0 Å². The summed E-state index contributed by atoms with van der Waals surface area (Å²) in [5.41, 5.74) is 8.18. The molecule has 35 heavy (non-hydrogen) atoms. The third-order valence-corrected chi connectivity index (χ3v) is 7.72. The van der Waals surface area contributed by atoms with Crippen LogP contribution in [0.1, 0.15) is 37.6 Å². The largest absolute Gasteiger partial charge is 0.480 e. The molecule has 3 aromatic rings. The molecular weight excluding hydrogens is 493 g/mol. The maximum absolute atomic E-state index is 14.6. The third kappa shape index (κ3) is 6.17. The lowest BCUT2D eigenvalue weighted by Crippen LogP contribution is -2.47. The number of hydrogen-bond acceptors (Lipinski definition) is 6. The molecule has 0 spiro atoms. The Morgan fingerprint density at radius 3 is 2.23 bits per heavy atom. The van der Waals surface area contributed by atoms with Crippen LogP contribution in [0, 0.1) is 5.82 Å². The Bertz CT molecular complexity index is 1290. The lowest BCUT2D eigenvalue weighted by atomic mass is 9.86. The molecule has 0 amide bonds. The molecule has 1 unspecified atom stereocenters. The summed E-state index contributed by atoms with van der Waals surface area (Å²) in [6.45, 7) is 5.79. The number of carboxylic acids is 1. The van der Waals surface area contributed by atoms with Crippen molar-refractivity contribution >= 4 is 34.0 Å². The van der Waals surface area contributed by atoms with Crippen molar-refractivity contribution in [3.63, 3.8) is 0 Å². The van der Waals surface area contributed by atoms with Crippen molar-refractivity contribution in [2.45, 2.75) is 42.4 Å². The number of aromatic nitrogens is 1. The number of anilines is 1. The van der Waals surface area contributed by atoms with Crippen LogP contribution in [0.15, 0.2) is 71.6 Å². The van der Waals surface area contributed by atoms with E-state index in [1.165, 1.54) is 36.4 Å². The fraction of sp³-hybridized carbons (Fsp3) is 0.280. The van der Waals surface area contributed by atoms with E-state index in [4.69, 9.17) is 10.8 Å². The molecule has 0 saturated carbocycles. The van der Waals surface area contributed by atoms with Crippen LogP contribution in [-0.2, 0) is 31.3 Å². The quantitative estimate of drug-likeness (QED) is 0.404. The number of halogens is 2. The first-order chi connectivity index (χ1) is 15.8. The average Bonchev–Trinajstić information content (AvgIpc) is 2.77. The monoisotopic (exact) mass is 521 g/mol. The van der Waals surface area contributed by atoms with Crippen molar-refractivity contribution in [1.82, 2.24) is 4.98 Å². The molecule has 3 rings (SSSR count). The number of aliphatic carboxylic acids is 1. The van der Waals surface area contributed by atoms with Crippen LogP contribution in [0.2, 0.25) is 0 Å². The molecular formula is C25H29ClFN3O4S. The van der Waals surface area contributed by atoms with E-state index >= 15 is 0 Å². The van der Waals surface area contributed by atoms with E-state index in [0.717, 1.165) is 11.6 Å². The van der Waals surface area contributed by atoms with Gasteiger partial charge in [0.05, 0.1) is 5.69 Å². The first-order valence-corrected chi connectivity index (χ1v) is 12.1. The number of nitrogens with two attached hydrogens (primary N) is 1. The number of sulfone groups is 1. The van der Waals surface area contributed by atoms with Crippen LogP contribution < -0.4 is 11.1 Å². The summed E-state index contributed by atoms with van der Waals surface area (Å²) in [4.78, 5) is 12.6. The second-order valence-electron chi connectivity index (χ2n) is 9.10. The molecule has 0 aliphatic carbocycles. The summed E-state index contributed by atoms with van der Waals surface area (Å²) >= 11 is 0. The van der Waals surface area contributed by atoms with Gasteiger partial charge in [-0.15, -0.1) is 12.4 Å². The number of hydrogen-bond donors (Lipinski definition) is 3.